The van der Waals surface area contributed by atoms with Gasteiger partial charge in [0.2, 0.25) is 5.89 Å². The van der Waals surface area contributed by atoms with E-state index in [1.165, 1.54) is 12.1 Å². The molecule has 3 rings (SSSR count). The number of halogens is 3. The Balaban J connectivity index is 1.68. The van der Waals surface area contributed by atoms with E-state index in [1.807, 2.05) is 6.92 Å². The second-order valence-corrected chi connectivity index (χ2v) is 6.73. The van der Waals surface area contributed by atoms with Gasteiger partial charge in [0.05, 0.1) is 5.56 Å². The Morgan fingerprint density at radius 2 is 2.00 bits per heavy atom. The molecular formula is C17H19F3N4O2. The third-order valence-electron chi connectivity index (χ3n) is 4.51. The normalized spacial score (nSPS) is 20.9. The van der Waals surface area contributed by atoms with Crippen LogP contribution >= 0.6 is 0 Å². The molecule has 0 saturated carbocycles. The molecule has 1 aromatic heterocycles. The Labute approximate surface area is 148 Å². The van der Waals surface area contributed by atoms with Crippen LogP contribution in [-0.4, -0.2) is 34.2 Å². The predicted molar refractivity (Wildman–Crippen MR) is 87.7 cm³/mol. The third-order valence-corrected chi connectivity index (χ3v) is 4.51. The van der Waals surface area contributed by atoms with Crippen LogP contribution in [0.1, 0.15) is 37.0 Å². The number of anilines is 1. The number of likely N-dealkylation sites (tertiary alicyclic amines) is 1. The topological polar surface area (TPSA) is 71.3 Å². The smallest absolute Gasteiger partial charge is 0.340 e. The van der Waals surface area contributed by atoms with Gasteiger partial charge in [0.1, 0.15) is 0 Å². The number of urea groups is 1. The van der Waals surface area contributed by atoms with Gasteiger partial charge in [0.25, 0.3) is 0 Å². The lowest BCUT2D eigenvalue weighted by Gasteiger charge is -2.38. The molecule has 0 aliphatic carbocycles. The number of aryl methyl sites for hydroxylation is 1. The zero-order chi connectivity index (χ0) is 18.9. The van der Waals surface area contributed by atoms with Crippen LogP contribution in [0.2, 0.25) is 0 Å². The van der Waals surface area contributed by atoms with Gasteiger partial charge in [-0.3, -0.25) is 0 Å². The van der Waals surface area contributed by atoms with E-state index < -0.39 is 17.2 Å². The second-order valence-electron chi connectivity index (χ2n) is 6.73. The van der Waals surface area contributed by atoms with Crippen LogP contribution in [0.5, 0.6) is 0 Å². The highest BCUT2D eigenvalue weighted by Gasteiger charge is 2.38. The molecule has 0 spiro atoms. The molecule has 26 heavy (non-hydrogen) atoms. The number of piperidine rings is 1. The summed E-state index contributed by atoms with van der Waals surface area (Å²) in [5.41, 5.74) is -0.868. The maximum atomic E-state index is 12.6. The summed E-state index contributed by atoms with van der Waals surface area (Å²) < 4.78 is 42.9. The van der Waals surface area contributed by atoms with E-state index >= 15 is 0 Å². The van der Waals surface area contributed by atoms with Crippen molar-refractivity contribution in [3.8, 4) is 0 Å². The fraction of sp³-hybridized carbons (Fsp3) is 0.471. The molecule has 2 aromatic rings. The summed E-state index contributed by atoms with van der Waals surface area (Å²) in [5.74, 6) is 1.02. The molecular weight excluding hydrogens is 349 g/mol. The summed E-state index contributed by atoms with van der Waals surface area (Å²) in [5, 5.41) is 6.61. The molecule has 1 N–H and O–H groups in total. The van der Waals surface area contributed by atoms with Gasteiger partial charge in [-0.1, -0.05) is 12.1 Å². The Bertz CT molecular complexity index is 788. The fourth-order valence-electron chi connectivity index (χ4n) is 3.08. The number of nitrogens with one attached hydrogen (secondary N) is 1. The molecule has 1 saturated heterocycles. The minimum absolute atomic E-state index is 0.311. The first-order valence-electron chi connectivity index (χ1n) is 8.21. The number of hydrogen-bond acceptors (Lipinski definition) is 4. The number of rotatable bonds is 2. The molecule has 9 heteroatoms. The van der Waals surface area contributed by atoms with Crippen LogP contribution in [0, 0.1) is 6.92 Å². The SMILES string of the molecule is Cc1nc(C2(C)CCCN(C(=O)Nc3ccc(C(F)(F)F)cc3)C2)no1. The standard InChI is InChI=1S/C17H19F3N4O2/c1-11-21-14(23-26-11)16(2)8-3-9-24(10-16)15(25)22-13-6-4-12(5-7-13)17(18,19)20/h4-7H,3,8-10H2,1-2H3,(H,22,25). The summed E-state index contributed by atoms with van der Waals surface area (Å²) in [6, 6.07) is 4.01. The van der Waals surface area contributed by atoms with Gasteiger partial charge >= 0.3 is 12.2 Å². The summed E-state index contributed by atoms with van der Waals surface area (Å²) in [6.45, 7) is 4.63. The van der Waals surface area contributed by atoms with E-state index in [0.29, 0.717) is 30.5 Å². The lowest BCUT2D eigenvalue weighted by atomic mass is 9.81. The van der Waals surface area contributed by atoms with Gasteiger partial charge < -0.3 is 14.7 Å². The third kappa shape index (κ3) is 3.81. The van der Waals surface area contributed by atoms with E-state index in [2.05, 4.69) is 15.5 Å². The number of alkyl halides is 3. The van der Waals surface area contributed by atoms with Crippen molar-refractivity contribution in [3.63, 3.8) is 0 Å². The average molecular weight is 368 g/mol. The molecule has 6 nitrogen and oxygen atoms in total. The monoisotopic (exact) mass is 368 g/mol. The van der Waals surface area contributed by atoms with Crippen molar-refractivity contribution in [1.82, 2.24) is 15.0 Å². The number of carbonyl (C=O) groups excluding carboxylic acids is 1. The Morgan fingerprint density at radius 1 is 1.31 bits per heavy atom. The zero-order valence-electron chi connectivity index (χ0n) is 14.4. The van der Waals surface area contributed by atoms with Gasteiger partial charge in [-0.15, -0.1) is 0 Å². The van der Waals surface area contributed by atoms with Gasteiger partial charge in [0, 0.05) is 31.1 Å². The number of hydrogen-bond donors (Lipinski definition) is 1. The first kappa shape index (κ1) is 18.2. The molecule has 2 amide bonds. The number of aromatic nitrogens is 2. The zero-order valence-corrected chi connectivity index (χ0v) is 14.4. The van der Waals surface area contributed by atoms with Gasteiger partial charge in [-0.2, -0.15) is 18.2 Å². The summed E-state index contributed by atoms with van der Waals surface area (Å²) in [6.07, 6.45) is -2.82. The molecule has 1 aliphatic heterocycles. The van der Waals surface area contributed by atoms with Gasteiger partial charge in [-0.05, 0) is 37.1 Å². The lowest BCUT2D eigenvalue weighted by Crippen LogP contribution is -2.49. The fourth-order valence-corrected chi connectivity index (χ4v) is 3.08. The van der Waals surface area contributed by atoms with Crippen LogP contribution in [0.15, 0.2) is 28.8 Å². The van der Waals surface area contributed by atoms with Crippen LogP contribution in [-0.2, 0) is 11.6 Å². The van der Waals surface area contributed by atoms with Crippen LogP contribution < -0.4 is 5.32 Å². The van der Waals surface area contributed by atoms with Crippen molar-refractivity contribution >= 4 is 11.7 Å². The maximum absolute atomic E-state index is 12.6. The van der Waals surface area contributed by atoms with Gasteiger partial charge in [0.15, 0.2) is 5.82 Å². The van der Waals surface area contributed by atoms with Gasteiger partial charge in [-0.25, -0.2) is 4.79 Å². The van der Waals surface area contributed by atoms with Crippen molar-refractivity contribution in [1.29, 1.82) is 0 Å². The first-order chi connectivity index (χ1) is 12.2. The van der Waals surface area contributed by atoms with Crippen molar-refractivity contribution in [2.24, 2.45) is 0 Å². The highest BCUT2D eigenvalue weighted by molar-refractivity contribution is 5.89. The molecule has 1 fully saturated rings. The van der Waals surface area contributed by atoms with E-state index in [4.69, 9.17) is 4.52 Å². The van der Waals surface area contributed by atoms with E-state index in [-0.39, 0.29) is 6.03 Å². The summed E-state index contributed by atoms with van der Waals surface area (Å²) >= 11 is 0. The second kappa shape index (κ2) is 6.62. The molecule has 0 radical (unpaired) electrons. The molecule has 1 atom stereocenters. The molecule has 140 valence electrons. The maximum Gasteiger partial charge on any atom is 0.416 e. The predicted octanol–water partition coefficient (Wildman–Crippen LogP) is 3.98. The highest BCUT2D eigenvalue weighted by Crippen LogP contribution is 2.33. The van der Waals surface area contributed by atoms with Crippen molar-refractivity contribution < 1.29 is 22.5 Å². The van der Waals surface area contributed by atoms with E-state index in [1.54, 1.807) is 11.8 Å². The summed E-state index contributed by atoms with van der Waals surface area (Å²) in [4.78, 5) is 18.4. The number of nitrogens with zero attached hydrogens (tertiary/aromatic N) is 3. The Morgan fingerprint density at radius 3 is 2.58 bits per heavy atom. The van der Waals surface area contributed by atoms with E-state index in [9.17, 15) is 18.0 Å². The Kier molecular flexibility index (Phi) is 4.64. The summed E-state index contributed by atoms with van der Waals surface area (Å²) in [7, 11) is 0. The molecule has 2 heterocycles. The largest absolute Gasteiger partial charge is 0.416 e. The van der Waals surface area contributed by atoms with Crippen molar-refractivity contribution in [3.05, 3.63) is 41.5 Å². The number of benzene rings is 1. The molecule has 0 bridgehead atoms. The number of amides is 2. The average Bonchev–Trinajstić information content (AvgIpc) is 3.02. The van der Waals surface area contributed by atoms with E-state index in [0.717, 1.165) is 25.0 Å². The van der Waals surface area contributed by atoms with Crippen molar-refractivity contribution in [2.45, 2.75) is 38.3 Å². The lowest BCUT2D eigenvalue weighted by molar-refractivity contribution is -0.137. The molecule has 1 aliphatic rings. The quantitative estimate of drug-likeness (QED) is 0.870. The van der Waals surface area contributed by atoms with Crippen LogP contribution in [0.25, 0.3) is 0 Å². The minimum atomic E-state index is -4.40. The molecule has 1 unspecified atom stereocenters. The minimum Gasteiger partial charge on any atom is -0.340 e. The first-order valence-corrected chi connectivity index (χ1v) is 8.21. The number of carbonyl (C=O) groups is 1. The molecule has 1 aromatic carbocycles. The Hall–Kier alpha value is -2.58. The van der Waals surface area contributed by atoms with Crippen LogP contribution in [0.3, 0.4) is 0 Å². The highest BCUT2D eigenvalue weighted by atomic mass is 19.4. The van der Waals surface area contributed by atoms with Crippen molar-refractivity contribution in [2.75, 3.05) is 18.4 Å². The van der Waals surface area contributed by atoms with Crippen LogP contribution in [0.4, 0.5) is 23.7 Å².